The van der Waals surface area contributed by atoms with Crippen molar-refractivity contribution in [2.45, 2.75) is 25.1 Å². The Morgan fingerprint density at radius 3 is 2.29 bits per heavy atom. The molecule has 5 heteroatoms. The van der Waals surface area contributed by atoms with Crippen LogP contribution in [0.15, 0.2) is 48.7 Å². The third-order valence-corrected chi connectivity index (χ3v) is 3.57. The molecule has 21 heavy (non-hydrogen) atoms. The molecule has 0 aliphatic heterocycles. The van der Waals surface area contributed by atoms with Crippen LogP contribution in [-0.2, 0) is 6.18 Å². The summed E-state index contributed by atoms with van der Waals surface area (Å²) in [5.41, 5.74) is 0.395. The fraction of sp³-hybridized carbons (Fsp3) is 0.312. The van der Waals surface area contributed by atoms with Crippen molar-refractivity contribution >= 4 is 0 Å². The molecule has 0 amide bonds. The van der Waals surface area contributed by atoms with Gasteiger partial charge in [-0.15, -0.1) is 0 Å². The van der Waals surface area contributed by atoms with Crippen molar-refractivity contribution in [3.05, 3.63) is 65.5 Å². The largest absolute Gasteiger partial charge is 0.416 e. The van der Waals surface area contributed by atoms with Crippen molar-refractivity contribution in [3.63, 3.8) is 0 Å². The molecule has 0 saturated heterocycles. The summed E-state index contributed by atoms with van der Waals surface area (Å²) in [4.78, 5) is 4.24. The quantitative estimate of drug-likeness (QED) is 0.915. The van der Waals surface area contributed by atoms with Crippen molar-refractivity contribution in [2.24, 2.45) is 0 Å². The number of hydrogen-bond donors (Lipinski definition) is 1. The fourth-order valence-corrected chi connectivity index (χ4v) is 2.52. The molecule has 2 atom stereocenters. The van der Waals surface area contributed by atoms with Gasteiger partial charge >= 0.3 is 6.18 Å². The van der Waals surface area contributed by atoms with E-state index in [0.717, 1.165) is 11.8 Å². The Morgan fingerprint density at radius 1 is 1.05 bits per heavy atom. The van der Waals surface area contributed by atoms with Gasteiger partial charge in [-0.25, -0.2) is 0 Å². The molecule has 1 aromatic heterocycles. The first-order valence-corrected chi connectivity index (χ1v) is 6.69. The number of rotatable bonds is 4. The van der Waals surface area contributed by atoms with Gasteiger partial charge in [0, 0.05) is 23.9 Å². The van der Waals surface area contributed by atoms with Crippen LogP contribution in [0.1, 0.15) is 35.7 Å². The van der Waals surface area contributed by atoms with Gasteiger partial charge in [-0.1, -0.05) is 31.2 Å². The zero-order chi connectivity index (χ0) is 15.5. The number of pyridine rings is 1. The maximum Gasteiger partial charge on any atom is 0.416 e. The molecule has 0 aliphatic carbocycles. The molecule has 0 radical (unpaired) electrons. The average molecular weight is 294 g/mol. The van der Waals surface area contributed by atoms with Crippen LogP contribution in [0.5, 0.6) is 0 Å². The van der Waals surface area contributed by atoms with E-state index in [-0.39, 0.29) is 11.5 Å². The van der Waals surface area contributed by atoms with Crippen LogP contribution in [0, 0.1) is 0 Å². The molecular formula is C16H17F3N2. The lowest BCUT2D eigenvalue weighted by Gasteiger charge is -2.26. The lowest BCUT2D eigenvalue weighted by atomic mass is 9.88. The second kappa shape index (κ2) is 6.26. The number of nitrogens with one attached hydrogen (secondary N) is 1. The second-order valence-corrected chi connectivity index (χ2v) is 4.89. The number of benzene rings is 1. The van der Waals surface area contributed by atoms with Crippen LogP contribution in [0.3, 0.4) is 0 Å². The van der Waals surface area contributed by atoms with Gasteiger partial charge in [-0.2, -0.15) is 13.2 Å². The van der Waals surface area contributed by atoms with E-state index in [1.54, 1.807) is 25.4 Å². The standard InChI is InChI=1S/C16H17F3N2/c1-11(14-9-5-6-10-21-14)15(20-2)12-7-3-4-8-13(12)16(17,18)19/h3-11,15,20H,1-2H3. The first-order valence-electron chi connectivity index (χ1n) is 6.69. The summed E-state index contributed by atoms with van der Waals surface area (Å²) in [6.07, 6.45) is -2.72. The van der Waals surface area contributed by atoms with Gasteiger partial charge in [0.05, 0.1) is 5.56 Å². The Morgan fingerprint density at radius 2 is 1.71 bits per heavy atom. The van der Waals surface area contributed by atoms with Crippen LogP contribution < -0.4 is 5.32 Å². The highest BCUT2D eigenvalue weighted by molar-refractivity contribution is 5.34. The van der Waals surface area contributed by atoms with Gasteiger partial charge in [-0.05, 0) is 30.8 Å². The van der Waals surface area contributed by atoms with Gasteiger partial charge in [0.15, 0.2) is 0 Å². The summed E-state index contributed by atoms with van der Waals surface area (Å²) in [7, 11) is 1.66. The predicted molar refractivity (Wildman–Crippen MR) is 75.9 cm³/mol. The van der Waals surface area contributed by atoms with Gasteiger partial charge in [0.25, 0.3) is 0 Å². The molecule has 2 rings (SSSR count). The predicted octanol–water partition coefficient (Wildman–Crippen LogP) is 4.16. The summed E-state index contributed by atoms with van der Waals surface area (Å²) < 4.78 is 39.5. The summed E-state index contributed by atoms with van der Waals surface area (Å²) in [5, 5.41) is 2.99. The van der Waals surface area contributed by atoms with E-state index in [1.807, 2.05) is 19.1 Å². The summed E-state index contributed by atoms with van der Waals surface area (Å²) in [6, 6.07) is 10.7. The van der Waals surface area contributed by atoms with E-state index in [0.29, 0.717) is 0 Å². The maximum atomic E-state index is 13.2. The second-order valence-electron chi connectivity index (χ2n) is 4.89. The van der Waals surface area contributed by atoms with E-state index in [1.165, 1.54) is 12.1 Å². The number of halogens is 3. The Balaban J connectivity index is 2.43. The zero-order valence-corrected chi connectivity index (χ0v) is 11.9. The lowest BCUT2D eigenvalue weighted by Crippen LogP contribution is -2.25. The van der Waals surface area contributed by atoms with Crippen LogP contribution in [0.2, 0.25) is 0 Å². The minimum atomic E-state index is -4.37. The first kappa shape index (κ1) is 15.5. The smallest absolute Gasteiger partial charge is 0.312 e. The summed E-state index contributed by atoms with van der Waals surface area (Å²) in [6.45, 7) is 1.87. The molecule has 2 aromatic rings. The summed E-state index contributed by atoms with van der Waals surface area (Å²) in [5.74, 6) is -0.181. The molecule has 1 heterocycles. The van der Waals surface area contributed by atoms with Crippen molar-refractivity contribution < 1.29 is 13.2 Å². The molecule has 0 spiro atoms. The number of hydrogen-bond acceptors (Lipinski definition) is 2. The maximum absolute atomic E-state index is 13.2. The highest BCUT2D eigenvalue weighted by Crippen LogP contribution is 2.38. The number of aromatic nitrogens is 1. The minimum Gasteiger partial charge on any atom is -0.312 e. The monoisotopic (exact) mass is 294 g/mol. The molecule has 0 saturated carbocycles. The fourth-order valence-electron chi connectivity index (χ4n) is 2.52. The van der Waals surface area contributed by atoms with Gasteiger partial charge in [0.2, 0.25) is 0 Å². The van der Waals surface area contributed by atoms with E-state index in [4.69, 9.17) is 0 Å². The Labute approximate surface area is 122 Å². The third kappa shape index (κ3) is 3.42. The molecule has 0 aliphatic rings. The van der Waals surface area contributed by atoms with Crippen LogP contribution in [0.25, 0.3) is 0 Å². The normalized spacial score (nSPS) is 14.7. The molecule has 2 nitrogen and oxygen atoms in total. The van der Waals surface area contributed by atoms with Crippen molar-refractivity contribution in [3.8, 4) is 0 Å². The van der Waals surface area contributed by atoms with Crippen molar-refractivity contribution in [1.82, 2.24) is 10.3 Å². The van der Waals surface area contributed by atoms with Crippen LogP contribution in [0.4, 0.5) is 13.2 Å². The minimum absolute atomic E-state index is 0.181. The van der Waals surface area contributed by atoms with E-state index in [9.17, 15) is 13.2 Å². The topological polar surface area (TPSA) is 24.9 Å². The molecular weight excluding hydrogens is 277 g/mol. The summed E-state index contributed by atoms with van der Waals surface area (Å²) >= 11 is 0. The Hall–Kier alpha value is -1.88. The Bertz CT molecular complexity index is 582. The first-order chi connectivity index (χ1) is 9.95. The zero-order valence-electron chi connectivity index (χ0n) is 11.9. The van der Waals surface area contributed by atoms with Crippen LogP contribution >= 0.6 is 0 Å². The molecule has 1 N–H and O–H groups in total. The molecule has 0 bridgehead atoms. The van der Waals surface area contributed by atoms with Crippen molar-refractivity contribution in [2.75, 3.05) is 7.05 Å². The van der Waals surface area contributed by atoms with E-state index < -0.39 is 17.8 Å². The highest BCUT2D eigenvalue weighted by atomic mass is 19.4. The molecule has 1 aromatic carbocycles. The highest BCUT2D eigenvalue weighted by Gasteiger charge is 2.36. The van der Waals surface area contributed by atoms with Crippen LogP contribution in [-0.4, -0.2) is 12.0 Å². The SMILES string of the molecule is CNC(c1ccccc1C(F)(F)F)C(C)c1ccccn1. The molecule has 112 valence electrons. The third-order valence-electron chi connectivity index (χ3n) is 3.57. The van der Waals surface area contributed by atoms with Gasteiger partial charge in [-0.3, -0.25) is 4.98 Å². The van der Waals surface area contributed by atoms with E-state index in [2.05, 4.69) is 10.3 Å². The number of nitrogens with zero attached hydrogens (tertiary/aromatic N) is 1. The number of likely N-dealkylation sites (N-methyl/N-ethyl adjacent to an activating group) is 1. The van der Waals surface area contributed by atoms with E-state index >= 15 is 0 Å². The average Bonchev–Trinajstić information content (AvgIpc) is 2.48. The number of alkyl halides is 3. The lowest BCUT2D eigenvalue weighted by molar-refractivity contribution is -0.138. The molecule has 2 unspecified atom stereocenters. The Kier molecular flexibility index (Phi) is 4.63. The molecule has 0 fully saturated rings. The van der Waals surface area contributed by atoms with Gasteiger partial charge < -0.3 is 5.32 Å². The van der Waals surface area contributed by atoms with Gasteiger partial charge in [0.1, 0.15) is 0 Å². The van der Waals surface area contributed by atoms with Crippen molar-refractivity contribution in [1.29, 1.82) is 0 Å².